The Labute approximate surface area is 198 Å². The fraction of sp³-hybridized carbons (Fsp3) is 0.350. The van der Waals surface area contributed by atoms with Crippen molar-refractivity contribution in [3.8, 4) is 10.6 Å². The number of rotatable bonds is 4. The summed E-state index contributed by atoms with van der Waals surface area (Å²) in [5.41, 5.74) is -1.60. The fourth-order valence-corrected chi connectivity index (χ4v) is 6.77. The van der Waals surface area contributed by atoms with Crippen LogP contribution in [0.3, 0.4) is 0 Å². The van der Waals surface area contributed by atoms with Gasteiger partial charge in [-0.2, -0.15) is 30.6 Å². The van der Waals surface area contributed by atoms with Crippen LogP contribution in [0.15, 0.2) is 45.1 Å². The predicted molar refractivity (Wildman–Crippen MR) is 112 cm³/mol. The smallest absolute Gasteiger partial charge is 0.368 e. The van der Waals surface area contributed by atoms with Gasteiger partial charge in [0, 0.05) is 37.4 Å². The quantitative estimate of drug-likeness (QED) is 0.408. The molecule has 2 aromatic heterocycles. The molecule has 0 radical (unpaired) electrons. The van der Waals surface area contributed by atoms with Gasteiger partial charge in [-0.1, -0.05) is 5.16 Å². The van der Waals surface area contributed by atoms with Gasteiger partial charge in [0.05, 0.1) is 10.4 Å². The van der Waals surface area contributed by atoms with Gasteiger partial charge >= 0.3 is 12.4 Å². The lowest BCUT2D eigenvalue weighted by molar-refractivity contribution is -0.155. The van der Waals surface area contributed by atoms with Crippen molar-refractivity contribution in [3.05, 3.63) is 53.5 Å². The minimum absolute atomic E-state index is 0.0885. The number of benzene rings is 1. The van der Waals surface area contributed by atoms with Crippen molar-refractivity contribution in [2.75, 3.05) is 24.5 Å². The first-order chi connectivity index (χ1) is 16.2. The van der Waals surface area contributed by atoms with Crippen LogP contribution >= 0.6 is 11.3 Å². The molecule has 15 heteroatoms. The maximum Gasteiger partial charge on any atom is 0.452 e. The Kier molecular flexibility index (Phi) is 6.38. The molecular formula is C20H16F7N3O3S2. The zero-order valence-electron chi connectivity index (χ0n) is 17.7. The Morgan fingerprint density at radius 3 is 2.34 bits per heavy atom. The molecule has 35 heavy (non-hydrogen) atoms. The normalized spacial score (nSPS) is 18.3. The van der Waals surface area contributed by atoms with E-state index in [2.05, 4.69) is 9.68 Å². The average molecular weight is 543 g/mol. The van der Waals surface area contributed by atoms with Crippen molar-refractivity contribution < 1.29 is 43.7 Å². The third-order valence-corrected chi connectivity index (χ3v) is 8.95. The number of nitrogens with zero attached hydrogens (tertiary/aromatic N) is 3. The van der Waals surface area contributed by atoms with E-state index in [1.165, 1.54) is 24.0 Å². The predicted octanol–water partition coefficient (Wildman–Crippen LogP) is 5.48. The Bertz CT molecular complexity index is 1330. The van der Waals surface area contributed by atoms with Crippen molar-refractivity contribution in [2.45, 2.75) is 29.5 Å². The fourth-order valence-electron chi connectivity index (χ4n) is 3.76. The zero-order chi connectivity index (χ0) is 25.8. The van der Waals surface area contributed by atoms with Crippen LogP contribution in [0.4, 0.5) is 36.4 Å². The highest BCUT2D eigenvalue weighted by atomic mass is 32.2. The molecule has 0 amide bonds. The molecule has 4 rings (SSSR count). The summed E-state index contributed by atoms with van der Waals surface area (Å²) < 4.78 is 123. The lowest BCUT2D eigenvalue weighted by Crippen LogP contribution is -2.54. The highest BCUT2D eigenvalue weighted by Crippen LogP contribution is 2.39. The largest absolute Gasteiger partial charge is 0.452 e. The Balaban J connectivity index is 1.55. The van der Waals surface area contributed by atoms with E-state index in [9.17, 15) is 39.2 Å². The second kappa shape index (κ2) is 8.78. The molecule has 1 aliphatic rings. The molecule has 190 valence electrons. The second-order valence-corrected chi connectivity index (χ2v) is 11.0. The van der Waals surface area contributed by atoms with Crippen LogP contribution in [0.2, 0.25) is 0 Å². The number of sulfonamides is 1. The molecule has 0 saturated carbocycles. The van der Waals surface area contributed by atoms with Crippen molar-refractivity contribution in [3.63, 3.8) is 0 Å². The van der Waals surface area contributed by atoms with Gasteiger partial charge < -0.3 is 9.42 Å². The number of thiophene rings is 1. The summed E-state index contributed by atoms with van der Waals surface area (Å²) in [5.74, 6) is -2.37. The molecule has 1 aliphatic heterocycles. The minimum atomic E-state index is -4.80. The molecule has 1 fully saturated rings. The lowest BCUT2D eigenvalue weighted by Gasteiger charge is -2.40. The number of anilines is 1. The lowest BCUT2D eigenvalue weighted by atomic mass is 10.1. The van der Waals surface area contributed by atoms with E-state index in [0.29, 0.717) is 23.5 Å². The molecule has 0 aliphatic carbocycles. The Hall–Kier alpha value is -2.65. The van der Waals surface area contributed by atoms with Gasteiger partial charge in [0.1, 0.15) is 15.7 Å². The van der Waals surface area contributed by atoms with Gasteiger partial charge in [0.15, 0.2) is 0 Å². The molecule has 3 aromatic rings. The van der Waals surface area contributed by atoms with Crippen LogP contribution in [-0.4, -0.2) is 43.6 Å². The van der Waals surface area contributed by atoms with Crippen LogP contribution in [0.25, 0.3) is 10.6 Å². The van der Waals surface area contributed by atoms with E-state index >= 15 is 0 Å². The first-order valence-electron chi connectivity index (χ1n) is 9.95. The molecule has 3 heterocycles. The van der Waals surface area contributed by atoms with Gasteiger partial charge in [-0.3, -0.25) is 0 Å². The SMILES string of the molecule is C[C@@H]1CN(c2ccc(F)cc2C(F)(F)F)CCN1S(=O)(=O)c1ccc(-c2cc(C(F)(F)F)on2)s1. The molecule has 0 bridgehead atoms. The Morgan fingerprint density at radius 2 is 1.74 bits per heavy atom. The van der Waals surface area contributed by atoms with Gasteiger partial charge in [0.25, 0.3) is 10.0 Å². The van der Waals surface area contributed by atoms with Gasteiger partial charge in [-0.15, -0.1) is 11.3 Å². The Morgan fingerprint density at radius 1 is 1.03 bits per heavy atom. The third kappa shape index (κ3) is 5.02. The summed E-state index contributed by atoms with van der Waals surface area (Å²) >= 11 is 0.694. The topological polar surface area (TPSA) is 66.7 Å². The van der Waals surface area contributed by atoms with E-state index in [4.69, 9.17) is 0 Å². The van der Waals surface area contributed by atoms with E-state index in [-0.39, 0.29) is 40.1 Å². The number of hydrogen-bond acceptors (Lipinski definition) is 6. The summed E-state index contributed by atoms with van der Waals surface area (Å²) in [6, 6.07) is 4.72. The van der Waals surface area contributed by atoms with Crippen LogP contribution in [0, 0.1) is 5.82 Å². The molecule has 6 nitrogen and oxygen atoms in total. The van der Waals surface area contributed by atoms with Crippen molar-refractivity contribution in [1.29, 1.82) is 0 Å². The summed E-state index contributed by atoms with van der Waals surface area (Å²) in [6.45, 7) is 1.18. The van der Waals surface area contributed by atoms with Crippen LogP contribution in [-0.2, 0) is 22.4 Å². The van der Waals surface area contributed by atoms with Gasteiger partial charge in [-0.25, -0.2) is 12.8 Å². The van der Waals surface area contributed by atoms with Gasteiger partial charge in [-0.05, 0) is 37.3 Å². The number of piperazine rings is 1. The summed E-state index contributed by atoms with van der Waals surface area (Å²) in [6.07, 6.45) is -9.55. The van der Waals surface area contributed by atoms with Crippen molar-refractivity contribution in [1.82, 2.24) is 9.46 Å². The molecule has 1 saturated heterocycles. The number of alkyl halides is 6. The van der Waals surface area contributed by atoms with E-state index in [1.54, 1.807) is 0 Å². The first kappa shape index (κ1) is 25.4. The molecule has 0 unspecified atom stereocenters. The maximum atomic E-state index is 13.4. The van der Waals surface area contributed by atoms with Crippen LogP contribution in [0.5, 0.6) is 0 Å². The summed E-state index contributed by atoms with van der Waals surface area (Å²) in [5, 5.41) is 3.34. The zero-order valence-corrected chi connectivity index (χ0v) is 19.3. The monoisotopic (exact) mass is 543 g/mol. The molecule has 1 atom stereocenters. The first-order valence-corrected chi connectivity index (χ1v) is 12.2. The van der Waals surface area contributed by atoms with E-state index in [0.717, 1.165) is 16.4 Å². The minimum Gasteiger partial charge on any atom is -0.368 e. The number of halogens is 7. The average Bonchev–Trinajstić information content (AvgIpc) is 3.42. The maximum absolute atomic E-state index is 13.4. The summed E-state index contributed by atoms with van der Waals surface area (Å²) in [4.78, 5) is 1.47. The number of aromatic nitrogens is 1. The standard InChI is InChI=1S/C20H16F7N3O3S2/c1-11-10-29(15-3-2-12(21)8-13(15)19(22,23)24)6-7-30(11)35(31,32)18-5-4-16(34-18)14-9-17(33-28-14)20(25,26)27/h2-5,8-9,11H,6-7,10H2,1H3/t11-/m1/s1. The van der Waals surface area contributed by atoms with Crippen LogP contribution in [0.1, 0.15) is 18.2 Å². The van der Waals surface area contributed by atoms with E-state index < -0.39 is 45.6 Å². The molecule has 0 spiro atoms. The van der Waals surface area contributed by atoms with Gasteiger partial charge in [0.2, 0.25) is 5.76 Å². The number of hydrogen-bond donors (Lipinski definition) is 0. The highest BCUT2D eigenvalue weighted by Gasteiger charge is 2.40. The second-order valence-electron chi connectivity index (χ2n) is 7.76. The van der Waals surface area contributed by atoms with Crippen molar-refractivity contribution in [2.24, 2.45) is 0 Å². The third-order valence-electron chi connectivity index (χ3n) is 5.36. The molecule has 0 N–H and O–H groups in total. The molecule has 1 aromatic carbocycles. The van der Waals surface area contributed by atoms with Crippen LogP contribution < -0.4 is 4.90 Å². The van der Waals surface area contributed by atoms with E-state index in [1.807, 2.05) is 0 Å². The highest BCUT2D eigenvalue weighted by molar-refractivity contribution is 7.91. The summed E-state index contributed by atoms with van der Waals surface area (Å²) in [7, 11) is -4.11. The van der Waals surface area contributed by atoms with Crippen molar-refractivity contribution >= 4 is 27.0 Å². The molecular weight excluding hydrogens is 527 g/mol.